The van der Waals surface area contributed by atoms with Gasteiger partial charge < -0.3 is 33.9 Å². The van der Waals surface area contributed by atoms with E-state index in [0.717, 1.165) is 0 Å². The largest absolute Gasteiger partial charge is 0.394 e. The van der Waals surface area contributed by atoms with Crippen LogP contribution in [0.3, 0.4) is 0 Å². The molecule has 0 saturated heterocycles. The van der Waals surface area contributed by atoms with Crippen molar-refractivity contribution >= 4 is 23.2 Å². The fourth-order valence-corrected chi connectivity index (χ4v) is 1.29. The van der Waals surface area contributed by atoms with Crippen LogP contribution in [0.2, 0.25) is 0 Å². The van der Waals surface area contributed by atoms with Gasteiger partial charge in [0.25, 0.3) is 0 Å². The molecule has 0 aromatic rings. The zero-order chi connectivity index (χ0) is 15.8. The standard InChI is InChI=1S/C12H24Cl2O7/c13-12(14,16)11-21-10-9-20-8-7-19-6-5-18-4-3-17-2-1-15/h15-16H,1-11H2. The van der Waals surface area contributed by atoms with Gasteiger partial charge in [-0.05, 0) is 0 Å². The normalized spacial score (nSPS) is 12.0. The number of aliphatic hydroxyl groups excluding tert-OH is 1. The minimum Gasteiger partial charge on any atom is -0.394 e. The summed E-state index contributed by atoms with van der Waals surface area (Å²) in [6.45, 7) is 3.63. The number of hydrogen-bond donors (Lipinski definition) is 2. The highest BCUT2D eigenvalue weighted by atomic mass is 35.5. The van der Waals surface area contributed by atoms with Crippen molar-refractivity contribution in [2.24, 2.45) is 0 Å². The molecule has 0 aromatic carbocycles. The molecular formula is C12H24Cl2O7. The topological polar surface area (TPSA) is 86.6 Å². The van der Waals surface area contributed by atoms with Crippen molar-refractivity contribution in [1.29, 1.82) is 0 Å². The molecule has 0 spiro atoms. The number of rotatable bonds is 16. The Morgan fingerprint density at radius 1 is 0.619 bits per heavy atom. The Labute approximate surface area is 135 Å². The number of hydrogen-bond acceptors (Lipinski definition) is 7. The Morgan fingerprint density at radius 3 is 1.29 bits per heavy atom. The summed E-state index contributed by atoms with van der Waals surface area (Å²) in [5, 5.41) is 17.4. The number of alkyl halides is 2. The summed E-state index contributed by atoms with van der Waals surface area (Å²) in [5.74, 6) is 0. The van der Waals surface area contributed by atoms with E-state index in [9.17, 15) is 0 Å². The Kier molecular flexibility index (Phi) is 15.4. The van der Waals surface area contributed by atoms with Gasteiger partial charge in [-0.15, -0.1) is 0 Å². The van der Waals surface area contributed by atoms with E-state index < -0.39 is 4.52 Å². The van der Waals surface area contributed by atoms with Crippen molar-refractivity contribution in [3.63, 3.8) is 0 Å². The van der Waals surface area contributed by atoms with Crippen LogP contribution < -0.4 is 0 Å². The molecular weight excluding hydrogens is 327 g/mol. The van der Waals surface area contributed by atoms with Gasteiger partial charge in [0, 0.05) is 0 Å². The number of ether oxygens (including phenoxy) is 5. The van der Waals surface area contributed by atoms with E-state index in [2.05, 4.69) is 0 Å². The van der Waals surface area contributed by atoms with Crippen molar-refractivity contribution in [3.8, 4) is 0 Å². The first-order valence-corrected chi connectivity index (χ1v) is 7.41. The van der Waals surface area contributed by atoms with Crippen LogP contribution in [0.4, 0.5) is 0 Å². The van der Waals surface area contributed by atoms with E-state index in [1.54, 1.807) is 0 Å². The van der Waals surface area contributed by atoms with E-state index in [4.69, 9.17) is 57.1 Å². The Balaban J connectivity index is 3.00. The lowest BCUT2D eigenvalue weighted by atomic mass is 10.7. The lowest BCUT2D eigenvalue weighted by Crippen LogP contribution is -2.21. The molecule has 2 N–H and O–H groups in total. The van der Waals surface area contributed by atoms with Crippen molar-refractivity contribution in [3.05, 3.63) is 0 Å². The van der Waals surface area contributed by atoms with Crippen molar-refractivity contribution in [2.45, 2.75) is 4.52 Å². The maximum atomic E-state index is 8.94. The first kappa shape index (κ1) is 21.3. The summed E-state index contributed by atoms with van der Waals surface area (Å²) in [5.41, 5.74) is 0. The van der Waals surface area contributed by atoms with E-state index in [1.807, 2.05) is 0 Å². The van der Waals surface area contributed by atoms with Gasteiger partial charge >= 0.3 is 0 Å². The summed E-state index contributed by atoms with van der Waals surface area (Å²) in [6.07, 6.45) is 0. The first-order valence-electron chi connectivity index (χ1n) is 6.66. The van der Waals surface area contributed by atoms with Gasteiger partial charge in [0.1, 0.15) is 6.61 Å². The third kappa shape index (κ3) is 20.3. The molecule has 21 heavy (non-hydrogen) atoms. The smallest absolute Gasteiger partial charge is 0.238 e. The minimum atomic E-state index is -1.85. The van der Waals surface area contributed by atoms with Crippen LogP contribution >= 0.6 is 23.2 Å². The van der Waals surface area contributed by atoms with E-state index in [1.165, 1.54) is 0 Å². The van der Waals surface area contributed by atoms with Crippen molar-refractivity contribution in [2.75, 3.05) is 72.7 Å². The summed E-state index contributed by atoms with van der Waals surface area (Å²) >= 11 is 10.6. The average Bonchev–Trinajstić information content (AvgIpc) is 2.42. The molecule has 0 atom stereocenters. The molecule has 0 heterocycles. The quantitative estimate of drug-likeness (QED) is 0.303. The monoisotopic (exact) mass is 350 g/mol. The highest BCUT2D eigenvalue weighted by molar-refractivity contribution is 6.47. The third-order valence-electron chi connectivity index (χ3n) is 2.00. The zero-order valence-electron chi connectivity index (χ0n) is 12.0. The van der Waals surface area contributed by atoms with Gasteiger partial charge in [-0.3, -0.25) is 0 Å². The van der Waals surface area contributed by atoms with Crippen LogP contribution in [0.15, 0.2) is 0 Å². The second-order valence-corrected chi connectivity index (χ2v) is 5.34. The second-order valence-electron chi connectivity index (χ2n) is 3.89. The molecule has 0 aliphatic rings. The Morgan fingerprint density at radius 2 is 0.952 bits per heavy atom. The predicted molar refractivity (Wildman–Crippen MR) is 77.8 cm³/mol. The van der Waals surface area contributed by atoms with Crippen molar-refractivity contribution < 1.29 is 33.9 Å². The van der Waals surface area contributed by atoms with Gasteiger partial charge in [-0.2, -0.15) is 0 Å². The molecule has 0 radical (unpaired) electrons. The van der Waals surface area contributed by atoms with Gasteiger partial charge in [0.05, 0.1) is 66.1 Å². The molecule has 0 fully saturated rings. The van der Waals surface area contributed by atoms with E-state index in [-0.39, 0.29) is 13.2 Å². The molecule has 0 aliphatic carbocycles. The van der Waals surface area contributed by atoms with E-state index >= 15 is 0 Å². The molecule has 9 heteroatoms. The second kappa shape index (κ2) is 15.2. The van der Waals surface area contributed by atoms with Gasteiger partial charge in [0.15, 0.2) is 0 Å². The summed E-state index contributed by atoms with van der Waals surface area (Å²) in [6, 6.07) is 0. The Hall–Kier alpha value is 0.300. The molecule has 0 rings (SSSR count). The minimum absolute atomic E-state index is 0.0206. The highest BCUT2D eigenvalue weighted by Crippen LogP contribution is 2.15. The molecule has 0 saturated carbocycles. The molecule has 0 aliphatic heterocycles. The first-order chi connectivity index (χ1) is 10.1. The fourth-order valence-electron chi connectivity index (χ4n) is 1.14. The molecule has 0 unspecified atom stereocenters. The molecule has 0 aromatic heterocycles. The lowest BCUT2D eigenvalue weighted by Gasteiger charge is -2.12. The van der Waals surface area contributed by atoms with E-state index in [0.29, 0.717) is 59.5 Å². The van der Waals surface area contributed by atoms with Gasteiger partial charge in [-0.25, -0.2) is 0 Å². The SMILES string of the molecule is OCCOCCOCCOCCOCCOCC(O)(Cl)Cl. The van der Waals surface area contributed by atoms with Crippen LogP contribution in [0.5, 0.6) is 0 Å². The molecule has 128 valence electrons. The lowest BCUT2D eigenvalue weighted by molar-refractivity contribution is -0.0190. The number of aliphatic hydroxyl groups is 2. The van der Waals surface area contributed by atoms with Crippen LogP contribution in [0.1, 0.15) is 0 Å². The zero-order valence-corrected chi connectivity index (χ0v) is 13.5. The maximum absolute atomic E-state index is 8.94. The predicted octanol–water partition coefficient (Wildman–Crippen LogP) is 0.185. The maximum Gasteiger partial charge on any atom is 0.238 e. The van der Waals surface area contributed by atoms with Crippen LogP contribution in [0.25, 0.3) is 0 Å². The summed E-state index contributed by atoms with van der Waals surface area (Å²) in [7, 11) is 0. The van der Waals surface area contributed by atoms with Crippen molar-refractivity contribution in [1.82, 2.24) is 0 Å². The summed E-state index contributed by atoms with van der Waals surface area (Å²) in [4.78, 5) is 0. The molecule has 0 bridgehead atoms. The third-order valence-corrected chi connectivity index (χ3v) is 2.22. The van der Waals surface area contributed by atoms with Gasteiger partial charge in [0.2, 0.25) is 4.52 Å². The van der Waals surface area contributed by atoms with Crippen LogP contribution in [-0.2, 0) is 23.7 Å². The summed E-state index contributed by atoms with van der Waals surface area (Å²) < 4.78 is 23.8. The molecule has 0 amide bonds. The highest BCUT2D eigenvalue weighted by Gasteiger charge is 2.18. The Bertz CT molecular complexity index is 214. The fraction of sp³-hybridized carbons (Fsp3) is 1.00. The molecule has 7 nitrogen and oxygen atoms in total. The van der Waals surface area contributed by atoms with Crippen LogP contribution in [0, 0.1) is 0 Å². The average molecular weight is 351 g/mol. The van der Waals surface area contributed by atoms with Crippen LogP contribution in [-0.4, -0.2) is 87.4 Å². The van der Waals surface area contributed by atoms with Gasteiger partial charge in [-0.1, -0.05) is 23.2 Å². The number of halogens is 2.